The number of hydrogen-bond acceptors (Lipinski definition) is 5. The normalized spacial score (nSPS) is 15.2. The van der Waals surface area contributed by atoms with Crippen molar-refractivity contribution >= 4 is 28.3 Å². The standard InChI is InChI=1S/C24H23N3O2S/c28-23(25-17-11-6-1-2-7-12-17)18-15-19(20-13-8-14-30-20)26-24-21(18)22(27-29-24)16-9-4-3-5-10-16/h3-5,8-10,13-15,17H,1-2,6-7,11-12H2,(H,25,28). The average Bonchev–Trinajstić information content (AvgIpc) is 3.39. The Morgan fingerprint density at radius 2 is 1.83 bits per heavy atom. The van der Waals surface area contributed by atoms with Crippen molar-refractivity contribution in [2.45, 2.75) is 44.6 Å². The molecule has 6 heteroatoms. The third kappa shape index (κ3) is 3.75. The second kappa shape index (κ2) is 8.40. The van der Waals surface area contributed by atoms with Gasteiger partial charge in [-0.2, -0.15) is 0 Å². The third-order valence-corrected chi connectivity index (χ3v) is 6.59. The molecular formula is C24H23N3O2S. The fourth-order valence-electron chi connectivity index (χ4n) is 4.16. The van der Waals surface area contributed by atoms with Crippen LogP contribution in [0.15, 0.2) is 58.4 Å². The van der Waals surface area contributed by atoms with E-state index in [0.29, 0.717) is 22.4 Å². The molecule has 1 saturated carbocycles. The van der Waals surface area contributed by atoms with Crippen molar-refractivity contribution in [1.29, 1.82) is 0 Å². The van der Waals surface area contributed by atoms with Crippen molar-refractivity contribution in [3.63, 3.8) is 0 Å². The maximum Gasteiger partial charge on any atom is 0.259 e. The summed E-state index contributed by atoms with van der Waals surface area (Å²) in [5.74, 6) is -0.0764. The number of nitrogens with zero attached hydrogens (tertiary/aromatic N) is 2. The molecule has 0 spiro atoms. The molecule has 1 aromatic carbocycles. The number of carbonyl (C=O) groups excluding carboxylic acids is 1. The number of rotatable bonds is 4. The van der Waals surface area contributed by atoms with Gasteiger partial charge in [0.25, 0.3) is 11.6 Å². The van der Waals surface area contributed by atoms with Gasteiger partial charge in [0.05, 0.1) is 21.5 Å². The van der Waals surface area contributed by atoms with Crippen LogP contribution >= 0.6 is 11.3 Å². The van der Waals surface area contributed by atoms with Crippen LogP contribution in [0.4, 0.5) is 0 Å². The van der Waals surface area contributed by atoms with Crippen LogP contribution in [-0.4, -0.2) is 22.1 Å². The van der Waals surface area contributed by atoms with E-state index in [0.717, 1.165) is 29.0 Å². The van der Waals surface area contributed by atoms with Crippen LogP contribution in [0.1, 0.15) is 48.9 Å². The van der Waals surface area contributed by atoms with E-state index in [9.17, 15) is 4.79 Å². The van der Waals surface area contributed by atoms with Crippen molar-refractivity contribution in [2.24, 2.45) is 0 Å². The molecule has 1 aliphatic carbocycles. The molecule has 5 rings (SSSR count). The summed E-state index contributed by atoms with van der Waals surface area (Å²) in [4.78, 5) is 19.1. The summed E-state index contributed by atoms with van der Waals surface area (Å²) < 4.78 is 5.61. The molecule has 1 N–H and O–H groups in total. The first-order valence-corrected chi connectivity index (χ1v) is 11.4. The minimum absolute atomic E-state index is 0.0764. The lowest BCUT2D eigenvalue weighted by Crippen LogP contribution is -2.34. The minimum atomic E-state index is -0.0764. The summed E-state index contributed by atoms with van der Waals surface area (Å²) in [6.07, 6.45) is 6.90. The number of carbonyl (C=O) groups is 1. The van der Waals surface area contributed by atoms with E-state index in [2.05, 4.69) is 15.5 Å². The van der Waals surface area contributed by atoms with E-state index in [4.69, 9.17) is 4.52 Å². The molecule has 1 fully saturated rings. The number of hydrogen-bond donors (Lipinski definition) is 1. The molecule has 0 bridgehead atoms. The van der Waals surface area contributed by atoms with Crippen LogP contribution in [0.5, 0.6) is 0 Å². The van der Waals surface area contributed by atoms with E-state index in [-0.39, 0.29) is 11.9 Å². The quantitative estimate of drug-likeness (QED) is 0.409. The van der Waals surface area contributed by atoms with Crippen LogP contribution in [-0.2, 0) is 0 Å². The van der Waals surface area contributed by atoms with Crippen molar-refractivity contribution < 1.29 is 9.32 Å². The molecule has 0 radical (unpaired) electrons. The zero-order valence-corrected chi connectivity index (χ0v) is 17.5. The fraction of sp³-hybridized carbons (Fsp3) is 0.292. The summed E-state index contributed by atoms with van der Waals surface area (Å²) >= 11 is 1.59. The zero-order valence-electron chi connectivity index (χ0n) is 16.6. The number of aromatic nitrogens is 2. The van der Waals surface area contributed by atoms with Gasteiger partial charge in [-0.25, -0.2) is 4.98 Å². The second-order valence-electron chi connectivity index (χ2n) is 7.77. The molecule has 0 saturated heterocycles. The molecule has 152 valence electrons. The van der Waals surface area contributed by atoms with Crippen molar-refractivity contribution in [3.8, 4) is 21.8 Å². The molecule has 1 amide bonds. The highest BCUT2D eigenvalue weighted by Crippen LogP contribution is 2.34. The fourth-order valence-corrected chi connectivity index (χ4v) is 4.85. The molecule has 0 atom stereocenters. The third-order valence-electron chi connectivity index (χ3n) is 5.70. The topological polar surface area (TPSA) is 68.0 Å². The molecule has 30 heavy (non-hydrogen) atoms. The van der Waals surface area contributed by atoms with Gasteiger partial charge in [-0.1, -0.05) is 67.2 Å². The smallest absolute Gasteiger partial charge is 0.259 e. The predicted octanol–water partition coefficient (Wildman–Crippen LogP) is 6.07. The Balaban J connectivity index is 1.61. The molecule has 3 heterocycles. The van der Waals surface area contributed by atoms with Gasteiger partial charge in [0.1, 0.15) is 5.69 Å². The van der Waals surface area contributed by atoms with Gasteiger partial charge in [0.2, 0.25) is 0 Å². The first-order valence-electron chi connectivity index (χ1n) is 10.5. The largest absolute Gasteiger partial charge is 0.349 e. The SMILES string of the molecule is O=C(NC1CCCCCC1)c1cc(-c2cccs2)nc2onc(-c3ccccc3)c12. The first-order chi connectivity index (χ1) is 14.8. The predicted molar refractivity (Wildman–Crippen MR) is 120 cm³/mol. The summed E-state index contributed by atoms with van der Waals surface area (Å²) in [6.45, 7) is 0. The van der Waals surface area contributed by atoms with Crippen LogP contribution in [0, 0.1) is 0 Å². The number of fused-ring (bicyclic) bond motifs is 1. The average molecular weight is 418 g/mol. The van der Waals surface area contributed by atoms with E-state index in [1.165, 1.54) is 25.7 Å². The summed E-state index contributed by atoms with van der Waals surface area (Å²) in [6, 6.07) is 15.9. The highest BCUT2D eigenvalue weighted by Gasteiger charge is 2.24. The van der Waals surface area contributed by atoms with Gasteiger partial charge in [0.15, 0.2) is 0 Å². The van der Waals surface area contributed by atoms with Crippen LogP contribution < -0.4 is 5.32 Å². The maximum absolute atomic E-state index is 13.4. The van der Waals surface area contributed by atoms with Crippen molar-refractivity contribution in [2.75, 3.05) is 0 Å². The highest BCUT2D eigenvalue weighted by molar-refractivity contribution is 7.13. The number of pyridine rings is 1. The Kier molecular flexibility index (Phi) is 5.32. The Hall–Kier alpha value is -2.99. The van der Waals surface area contributed by atoms with E-state index < -0.39 is 0 Å². The van der Waals surface area contributed by atoms with E-state index in [1.54, 1.807) is 11.3 Å². The molecule has 1 aliphatic rings. The summed E-state index contributed by atoms with van der Waals surface area (Å²) in [7, 11) is 0. The van der Waals surface area contributed by atoms with Gasteiger partial charge in [-0.05, 0) is 30.4 Å². The van der Waals surface area contributed by atoms with Gasteiger partial charge in [-0.3, -0.25) is 4.79 Å². The molecule has 0 aliphatic heterocycles. The Morgan fingerprint density at radius 3 is 2.57 bits per heavy atom. The van der Waals surface area contributed by atoms with Crippen molar-refractivity contribution in [3.05, 3.63) is 59.5 Å². The first kappa shape index (κ1) is 19.0. The number of nitrogens with one attached hydrogen (secondary N) is 1. The van der Waals surface area contributed by atoms with E-state index in [1.807, 2.05) is 53.9 Å². The van der Waals surface area contributed by atoms with Crippen LogP contribution in [0.25, 0.3) is 32.9 Å². The Morgan fingerprint density at radius 1 is 1.03 bits per heavy atom. The number of thiophene rings is 1. The summed E-state index contributed by atoms with van der Waals surface area (Å²) in [5, 5.41) is 10.2. The number of amides is 1. The van der Waals surface area contributed by atoms with Crippen LogP contribution in [0.2, 0.25) is 0 Å². The molecule has 3 aromatic heterocycles. The molecule has 0 unspecified atom stereocenters. The minimum Gasteiger partial charge on any atom is -0.349 e. The monoisotopic (exact) mass is 417 g/mol. The van der Waals surface area contributed by atoms with Gasteiger partial charge in [-0.15, -0.1) is 11.3 Å². The van der Waals surface area contributed by atoms with Crippen LogP contribution in [0.3, 0.4) is 0 Å². The number of benzene rings is 1. The van der Waals surface area contributed by atoms with Gasteiger partial charge >= 0.3 is 0 Å². The van der Waals surface area contributed by atoms with Gasteiger partial charge < -0.3 is 9.84 Å². The lowest BCUT2D eigenvalue weighted by molar-refractivity contribution is 0.0935. The Labute approximate surface area is 179 Å². The second-order valence-corrected chi connectivity index (χ2v) is 8.72. The lowest BCUT2D eigenvalue weighted by Gasteiger charge is -2.17. The molecular weight excluding hydrogens is 394 g/mol. The van der Waals surface area contributed by atoms with Crippen molar-refractivity contribution in [1.82, 2.24) is 15.5 Å². The molecule has 4 aromatic rings. The highest BCUT2D eigenvalue weighted by atomic mass is 32.1. The molecule has 5 nitrogen and oxygen atoms in total. The zero-order chi connectivity index (χ0) is 20.3. The van der Waals surface area contributed by atoms with E-state index >= 15 is 0 Å². The lowest BCUT2D eigenvalue weighted by atomic mass is 10.0. The van der Waals surface area contributed by atoms with Gasteiger partial charge in [0, 0.05) is 11.6 Å². The Bertz CT molecular complexity index is 1140. The summed E-state index contributed by atoms with van der Waals surface area (Å²) in [5.41, 5.74) is 3.27. The maximum atomic E-state index is 13.4.